The van der Waals surface area contributed by atoms with Gasteiger partial charge in [-0.25, -0.2) is 4.79 Å². The van der Waals surface area contributed by atoms with E-state index in [2.05, 4.69) is 97.1 Å². The van der Waals surface area contributed by atoms with Crippen molar-refractivity contribution in [2.45, 2.75) is 12.8 Å². The molecule has 162 valence electrons. The minimum Gasteiger partial charge on any atom is -0.462 e. The third-order valence-corrected chi connectivity index (χ3v) is 7.33. The number of fused-ring (bicyclic) bond motifs is 13. The first-order chi connectivity index (χ1) is 16.8. The Morgan fingerprint density at radius 2 is 1.24 bits per heavy atom. The highest BCUT2D eigenvalue weighted by Gasteiger charge is 2.43. The highest BCUT2D eigenvalue weighted by atomic mass is 16.5. The normalized spacial score (nSPS) is 15.6. The molecule has 2 aliphatic rings. The van der Waals surface area contributed by atoms with E-state index < -0.39 is 0 Å². The molecule has 0 spiro atoms. The van der Waals surface area contributed by atoms with E-state index in [0.29, 0.717) is 12.2 Å². The Kier molecular flexibility index (Phi) is 4.07. The van der Waals surface area contributed by atoms with Crippen LogP contribution in [0.25, 0.3) is 43.8 Å². The van der Waals surface area contributed by atoms with E-state index in [4.69, 9.17) is 4.74 Å². The van der Waals surface area contributed by atoms with Crippen LogP contribution in [0.4, 0.5) is 0 Å². The van der Waals surface area contributed by atoms with Crippen LogP contribution in [0.2, 0.25) is 0 Å². The van der Waals surface area contributed by atoms with Gasteiger partial charge in [-0.3, -0.25) is 0 Å². The van der Waals surface area contributed by atoms with Gasteiger partial charge in [0.05, 0.1) is 12.2 Å². The number of esters is 1. The molecule has 5 aromatic carbocycles. The molecule has 0 fully saturated rings. The number of hydrogen-bond acceptors (Lipinski definition) is 2. The second-order valence-corrected chi connectivity index (χ2v) is 8.95. The molecule has 34 heavy (non-hydrogen) atoms. The molecule has 2 aliphatic carbocycles. The van der Waals surface area contributed by atoms with Gasteiger partial charge in [0.15, 0.2) is 0 Å². The van der Waals surface area contributed by atoms with Gasteiger partial charge in [0.1, 0.15) is 0 Å². The molecule has 0 heterocycles. The fraction of sp³-hybridized carbons (Fsp3) is 0.0938. The summed E-state index contributed by atoms with van der Waals surface area (Å²) in [7, 11) is 0. The number of ether oxygens (including phenoxy) is 1. The summed E-state index contributed by atoms with van der Waals surface area (Å²) in [5.41, 5.74) is 8.81. The van der Waals surface area contributed by atoms with E-state index in [0.717, 1.165) is 22.1 Å². The summed E-state index contributed by atoms with van der Waals surface area (Å²) in [6.07, 6.45) is 0. The topological polar surface area (TPSA) is 26.3 Å². The van der Waals surface area contributed by atoms with Gasteiger partial charge in [0, 0.05) is 11.5 Å². The largest absolute Gasteiger partial charge is 0.462 e. The summed E-state index contributed by atoms with van der Waals surface area (Å²) >= 11 is 0. The maximum Gasteiger partial charge on any atom is 0.339 e. The number of rotatable bonds is 2. The van der Waals surface area contributed by atoms with Gasteiger partial charge >= 0.3 is 5.97 Å². The van der Waals surface area contributed by atoms with Gasteiger partial charge in [-0.2, -0.15) is 0 Å². The lowest BCUT2D eigenvalue weighted by Gasteiger charge is -2.29. The number of carbonyl (C=O) groups is 1. The fourth-order valence-electron chi connectivity index (χ4n) is 6.12. The molecule has 0 aromatic heterocycles. The first-order valence-corrected chi connectivity index (χ1v) is 11.8. The lowest BCUT2D eigenvalue weighted by atomic mass is 9.73. The van der Waals surface area contributed by atoms with Crippen LogP contribution in [0, 0.1) is 0 Å². The maximum atomic E-state index is 13.7. The van der Waals surface area contributed by atoms with Crippen molar-refractivity contribution in [1.82, 2.24) is 0 Å². The van der Waals surface area contributed by atoms with Crippen molar-refractivity contribution in [2.24, 2.45) is 0 Å². The molecular weight excluding hydrogens is 416 g/mol. The van der Waals surface area contributed by atoms with Crippen LogP contribution in [-0.2, 0) is 9.53 Å². The Bertz CT molecular complexity index is 1690. The van der Waals surface area contributed by atoms with E-state index in [1.165, 1.54) is 38.4 Å². The van der Waals surface area contributed by atoms with Crippen molar-refractivity contribution in [3.63, 3.8) is 0 Å². The van der Waals surface area contributed by atoms with Gasteiger partial charge < -0.3 is 4.74 Å². The molecule has 1 atom stereocenters. The van der Waals surface area contributed by atoms with Crippen LogP contribution in [0.15, 0.2) is 97.1 Å². The Labute approximate surface area is 198 Å². The van der Waals surface area contributed by atoms with Gasteiger partial charge in [0.2, 0.25) is 0 Å². The summed E-state index contributed by atoms with van der Waals surface area (Å²) in [6, 6.07) is 34.1. The Balaban J connectivity index is 1.73. The summed E-state index contributed by atoms with van der Waals surface area (Å²) in [5, 5.41) is 4.69. The van der Waals surface area contributed by atoms with Gasteiger partial charge in [-0.1, -0.05) is 97.1 Å². The highest BCUT2D eigenvalue weighted by molar-refractivity contribution is 6.34. The summed E-state index contributed by atoms with van der Waals surface area (Å²) < 4.78 is 5.70. The van der Waals surface area contributed by atoms with Crippen LogP contribution in [0.5, 0.6) is 0 Å². The molecule has 5 aromatic rings. The summed E-state index contributed by atoms with van der Waals surface area (Å²) in [4.78, 5) is 13.7. The van der Waals surface area contributed by atoms with E-state index >= 15 is 0 Å². The molecule has 7 rings (SSSR count). The third kappa shape index (κ3) is 2.43. The quantitative estimate of drug-likeness (QED) is 0.210. The van der Waals surface area contributed by atoms with Crippen LogP contribution in [-0.4, -0.2) is 12.6 Å². The molecule has 1 unspecified atom stereocenters. The standard InChI is InChI=1S/C32H22O2/c1-2-34-32(33)31-29-25-17-9-5-13-21(25)19-11-3-7-15-23(19)27(29)28-24-16-8-4-12-20(24)22-14-6-10-18-26(22)30(28)31/h3-18,27H,2H2,1H3. The molecule has 0 saturated carbocycles. The molecule has 2 nitrogen and oxygen atoms in total. The third-order valence-electron chi connectivity index (χ3n) is 7.33. The van der Waals surface area contributed by atoms with E-state index in [9.17, 15) is 4.79 Å². The van der Waals surface area contributed by atoms with Crippen molar-refractivity contribution in [3.8, 4) is 11.1 Å². The molecule has 0 bridgehead atoms. The van der Waals surface area contributed by atoms with Crippen molar-refractivity contribution in [1.29, 1.82) is 0 Å². The minimum atomic E-state index is -0.240. The van der Waals surface area contributed by atoms with Crippen LogP contribution >= 0.6 is 0 Å². The molecule has 0 saturated heterocycles. The Morgan fingerprint density at radius 3 is 1.97 bits per heavy atom. The second kappa shape index (κ2) is 7.16. The van der Waals surface area contributed by atoms with Crippen molar-refractivity contribution in [2.75, 3.05) is 6.61 Å². The Hall–Kier alpha value is -4.17. The van der Waals surface area contributed by atoms with Gasteiger partial charge in [0.25, 0.3) is 0 Å². The maximum absolute atomic E-state index is 13.7. The molecular formula is C32H22O2. The highest BCUT2D eigenvalue weighted by Crippen LogP contribution is 2.60. The molecule has 0 radical (unpaired) electrons. The number of benzene rings is 5. The van der Waals surface area contributed by atoms with Crippen LogP contribution in [0.1, 0.15) is 35.1 Å². The average molecular weight is 439 g/mol. The predicted molar refractivity (Wildman–Crippen MR) is 139 cm³/mol. The summed E-state index contributed by atoms with van der Waals surface area (Å²) in [6.45, 7) is 2.22. The molecule has 0 N–H and O–H groups in total. The molecule has 0 aliphatic heterocycles. The molecule has 0 amide bonds. The zero-order valence-electron chi connectivity index (χ0n) is 18.8. The minimum absolute atomic E-state index is 0.0185. The zero-order chi connectivity index (χ0) is 22.8. The van der Waals surface area contributed by atoms with Crippen molar-refractivity contribution < 1.29 is 9.53 Å². The lowest BCUT2D eigenvalue weighted by molar-refractivity contribution is -0.136. The van der Waals surface area contributed by atoms with E-state index in [1.807, 2.05) is 6.92 Å². The first kappa shape index (κ1) is 19.3. The second-order valence-electron chi connectivity index (χ2n) is 8.95. The van der Waals surface area contributed by atoms with Gasteiger partial charge in [-0.15, -0.1) is 0 Å². The van der Waals surface area contributed by atoms with E-state index in [-0.39, 0.29) is 11.9 Å². The van der Waals surface area contributed by atoms with Crippen molar-refractivity contribution in [3.05, 3.63) is 119 Å². The number of allylic oxidation sites excluding steroid dienone is 1. The monoisotopic (exact) mass is 438 g/mol. The van der Waals surface area contributed by atoms with Crippen LogP contribution < -0.4 is 0 Å². The number of carbonyl (C=O) groups excluding carboxylic acids is 1. The average Bonchev–Trinajstić information content (AvgIpc) is 3.26. The predicted octanol–water partition coefficient (Wildman–Crippen LogP) is 7.59. The number of hydrogen-bond donors (Lipinski definition) is 0. The van der Waals surface area contributed by atoms with Crippen molar-refractivity contribution >= 4 is 38.7 Å². The van der Waals surface area contributed by atoms with E-state index in [1.54, 1.807) is 0 Å². The SMILES string of the molecule is CCOC(=O)C1=C2c3ccccc3-c3ccccc3C2c2c1c1ccccc1c1ccccc21. The fourth-order valence-corrected chi connectivity index (χ4v) is 6.12. The summed E-state index contributed by atoms with van der Waals surface area (Å²) in [5.74, 6) is -0.258. The zero-order valence-corrected chi connectivity index (χ0v) is 18.8. The van der Waals surface area contributed by atoms with Gasteiger partial charge in [-0.05, 0) is 61.9 Å². The van der Waals surface area contributed by atoms with Crippen LogP contribution in [0.3, 0.4) is 0 Å². The smallest absolute Gasteiger partial charge is 0.339 e. The molecule has 2 heteroatoms. The first-order valence-electron chi connectivity index (χ1n) is 11.8. The lowest BCUT2D eigenvalue weighted by Crippen LogP contribution is -2.11. The Morgan fingerprint density at radius 1 is 0.676 bits per heavy atom.